The summed E-state index contributed by atoms with van der Waals surface area (Å²) in [6.45, 7) is 1.94. The molecule has 1 heterocycles. The van der Waals surface area contributed by atoms with Crippen molar-refractivity contribution < 1.29 is 14.3 Å². The fraction of sp³-hybridized carbons (Fsp3) is 0.0333. The minimum Gasteiger partial charge on any atom is -0.422 e. The van der Waals surface area contributed by atoms with Gasteiger partial charge in [0.15, 0.2) is 0 Å². The molecule has 4 aromatic carbocycles. The second-order valence-corrected chi connectivity index (χ2v) is 9.92. The number of esters is 1. The highest BCUT2D eigenvalue weighted by atomic mass is 79.9. The van der Waals surface area contributed by atoms with Gasteiger partial charge in [-0.25, -0.2) is 10.2 Å². The average Bonchev–Trinajstić information content (AvgIpc) is 3.29. The van der Waals surface area contributed by atoms with E-state index >= 15 is 0 Å². The van der Waals surface area contributed by atoms with E-state index in [9.17, 15) is 9.59 Å². The van der Waals surface area contributed by atoms with Crippen molar-refractivity contribution >= 4 is 56.5 Å². The van der Waals surface area contributed by atoms with E-state index < -0.39 is 11.9 Å². The highest BCUT2D eigenvalue weighted by molar-refractivity contribution is 9.10. The summed E-state index contributed by atoms with van der Waals surface area (Å²) in [6, 6.07) is 27.3. The van der Waals surface area contributed by atoms with Crippen molar-refractivity contribution in [3.8, 4) is 16.9 Å². The van der Waals surface area contributed by atoms with Crippen LogP contribution in [0.25, 0.3) is 22.0 Å². The van der Waals surface area contributed by atoms with E-state index in [4.69, 9.17) is 16.3 Å². The van der Waals surface area contributed by atoms with Crippen molar-refractivity contribution in [2.24, 2.45) is 5.10 Å². The summed E-state index contributed by atoms with van der Waals surface area (Å²) in [5.41, 5.74) is 7.29. The number of benzene rings is 4. The molecule has 0 radical (unpaired) electrons. The zero-order valence-electron chi connectivity index (χ0n) is 20.2. The Hall–Kier alpha value is -4.20. The molecule has 1 aromatic heterocycles. The van der Waals surface area contributed by atoms with Gasteiger partial charge in [-0.2, -0.15) is 5.10 Å². The number of ether oxygens (including phenoxy) is 1. The molecule has 0 bridgehead atoms. The van der Waals surface area contributed by atoms with Gasteiger partial charge in [-0.1, -0.05) is 75.6 Å². The normalized spacial score (nSPS) is 11.1. The Balaban J connectivity index is 1.41. The second kappa shape index (κ2) is 11.0. The van der Waals surface area contributed by atoms with Gasteiger partial charge in [-0.15, -0.1) is 0 Å². The molecule has 0 spiro atoms. The number of aromatic nitrogens is 1. The Labute approximate surface area is 232 Å². The second-order valence-electron chi connectivity index (χ2n) is 8.57. The summed E-state index contributed by atoms with van der Waals surface area (Å²) in [5.74, 6) is -0.613. The first-order chi connectivity index (χ1) is 18.4. The van der Waals surface area contributed by atoms with E-state index in [0.717, 1.165) is 32.1 Å². The Morgan fingerprint density at radius 1 is 0.974 bits per heavy atom. The predicted octanol–water partition coefficient (Wildman–Crippen LogP) is 7.54. The number of aromatic amines is 1. The third kappa shape index (κ3) is 5.54. The van der Waals surface area contributed by atoms with Crippen LogP contribution in [-0.4, -0.2) is 23.1 Å². The van der Waals surface area contributed by atoms with Crippen LogP contribution in [0.4, 0.5) is 0 Å². The van der Waals surface area contributed by atoms with E-state index in [1.807, 2.05) is 61.5 Å². The molecule has 0 aliphatic carbocycles. The summed E-state index contributed by atoms with van der Waals surface area (Å²) in [5, 5.41) is 5.55. The molecule has 2 N–H and O–H groups in total. The molecule has 0 fully saturated rings. The number of hydrogen-bond donors (Lipinski definition) is 2. The third-order valence-electron chi connectivity index (χ3n) is 5.88. The number of hydrazone groups is 1. The largest absolute Gasteiger partial charge is 0.422 e. The van der Waals surface area contributed by atoms with Crippen LogP contribution in [0.1, 0.15) is 32.0 Å². The number of carbonyl (C=O) groups excluding carboxylic acids is 2. The number of aryl methyl sites for hydroxylation is 1. The predicted molar refractivity (Wildman–Crippen MR) is 154 cm³/mol. The first-order valence-corrected chi connectivity index (χ1v) is 12.8. The molecule has 38 heavy (non-hydrogen) atoms. The molecule has 8 heteroatoms. The van der Waals surface area contributed by atoms with Crippen molar-refractivity contribution in [2.45, 2.75) is 6.92 Å². The smallest absolute Gasteiger partial charge is 0.343 e. The van der Waals surface area contributed by atoms with Crippen LogP contribution in [0, 0.1) is 6.92 Å². The van der Waals surface area contributed by atoms with Gasteiger partial charge in [0, 0.05) is 31.5 Å². The molecule has 0 atom stereocenters. The highest BCUT2D eigenvalue weighted by Gasteiger charge is 2.19. The quantitative estimate of drug-likeness (QED) is 0.0933. The van der Waals surface area contributed by atoms with Crippen LogP contribution in [0.5, 0.6) is 5.75 Å². The SMILES string of the molecule is Cc1ccc(C(=O)Oc2ccc(Br)cc2C=NNC(=O)c2[nH]c3ccc(Cl)cc3c2-c2ccccc2)cc1. The van der Waals surface area contributed by atoms with Crippen molar-refractivity contribution in [3.05, 3.63) is 123 Å². The lowest BCUT2D eigenvalue weighted by Crippen LogP contribution is -2.19. The van der Waals surface area contributed by atoms with Crippen molar-refractivity contribution in [1.29, 1.82) is 0 Å². The molecule has 5 aromatic rings. The molecule has 0 aliphatic heterocycles. The maximum absolute atomic E-state index is 13.2. The molecule has 5 rings (SSSR count). The van der Waals surface area contributed by atoms with Crippen molar-refractivity contribution in [2.75, 3.05) is 0 Å². The number of carbonyl (C=O) groups is 2. The minimum atomic E-state index is -0.491. The van der Waals surface area contributed by atoms with Crippen LogP contribution in [0.15, 0.2) is 101 Å². The van der Waals surface area contributed by atoms with E-state index in [2.05, 4.69) is 31.4 Å². The zero-order valence-corrected chi connectivity index (χ0v) is 22.5. The van der Waals surface area contributed by atoms with Gasteiger partial charge in [0.1, 0.15) is 11.4 Å². The minimum absolute atomic E-state index is 0.307. The van der Waals surface area contributed by atoms with Crippen LogP contribution >= 0.6 is 27.5 Å². The fourth-order valence-electron chi connectivity index (χ4n) is 4.02. The standard InChI is InChI=1S/C30H21BrClN3O3/c1-18-7-9-20(10-8-18)30(37)38-26-14-11-22(31)15-21(26)17-33-35-29(36)28-27(19-5-3-2-4-6-19)24-16-23(32)12-13-25(24)34-28/h2-17,34H,1H3,(H,35,36). The summed E-state index contributed by atoms with van der Waals surface area (Å²) in [4.78, 5) is 29.1. The van der Waals surface area contributed by atoms with E-state index in [1.54, 1.807) is 36.4 Å². The van der Waals surface area contributed by atoms with Crippen molar-refractivity contribution in [3.63, 3.8) is 0 Å². The summed E-state index contributed by atoms with van der Waals surface area (Å²) >= 11 is 9.68. The monoisotopic (exact) mass is 585 g/mol. The number of fused-ring (bicyclic) bond motifs is 1. The van der Waals surface area contributed by atoms with Crippen LogP contribution in [-0.2, 0) is 0 Å². The summed E-state index contributed by atoms with van der Waals surface area (Å²) in [6.07, 6.45) is 1.43. The summed E-state index contributed by atoms with van der Waals surface area (Å²) < 4.78 is 6.38. The van der Waals surface area contributed by atoms with Gasteiger partial charge >= 0.3 is 5.97 Å². The van der Waals surface area contributed by atoms with Crippen LogP contribution in [0.3, 0.4) is 0 Å². The van der Waals surface area contributed by atoms with E-state index in [0.29, 0.717) is 27.6 Å². The van der Waals surface area contributed by atoms with Crippen LogP contribution < -0.4 is 10.2 Å². The van der Waals surface area contributed by atoms with E-state index in [-0.39, 0.29) is 0 Å². The van der Waals surface area contributed by atoms with Gasteiger partial charge in [0.2, 0.25) is 0 Å². The molecular weight excluding hydrogens is 566 g/mol. The molecule has 0 aliphatic rings. The van der Waals surface area contributed by atoms with Crippen LogP contribution in [0.2, 0.25) is 5.02 Å². The first-order valence-electron chi connectivity index (χ1n) is 11.7. The topological polar surface area (TPSA) is 83.5 Å². The highest BCUT2D eigenvalue weighted by Crippen LogP contribution is 2.34. The molecule has 0 saturated heterocycles. The molecule has 0 saturated carbocycles. The number of rotatable bonds is 6. The van der Waals surface area contributed by atoms with Gasteiger partial charge < -0.3 is 9.72 Å². The Kier molecular flexibility index (Phi) is 7.40. The third-order valence-corrected chi connectivity index (χ3v) is 6.61. The number of hydrogen-bond acceptors (Lipinski definition) is 4. The molecule has 188 valence electrons. The Bertz CT molecular complexity index is 1680. The number of nitrogens with one attached hydrogen (secondary N) is 2. The number of amides is 1. The fourth-order valence-corrected chi connectivity index (χ4v) is 4.57. The molecular formula is C30H21BrClN3O3. The van der Waals surface area contributed by atoms with E-state index in [1.165, 1.54) is 6.21 Å². The van der Waals surface area contributed by atoms with Gasteiger partial charge in [0.25, 0.3) is 5.91 Å². The zero-order chi connectivity index (χ0) is 26.6. The number of nitrogens with zero attached hydrogens (tertiary/aromatic N) is 1. The number of halogens is 2. The Morgan fingerprint density at radius 3 is 2.50 bits per heavy atom. The maximum Gasteiger partial charge on any atom is 0.343 e. The average molecular weight is 587 g/mol. The van der Waals surface area contributed by atoms with Gasteiger partial charge in [0.05, 0.1) is 11.8 Å². The lowest BCUT2D eigenvalue weighted by atomic mass is 10.0. The summed E-state index contributed by atoms with van der Waals surface area (Å²) in [7, 11) is 0. The first kappa shape index (κ1) is 25.4. The van der Waals surface area contributed by atoms with Crippen molar-refractivity contribution in [1.82, 2.24) is 10.4 Å². The lowest BCUT2D eigenvalue weighted by Gasteiger charge is -2.08. The lowest BCUT2D eigenvalue weighted by molar-refractivity contribution is 0.0734. The molecule has 6 nitrogen and oxygen atoms in total. The number of H-pyrrole nitrogens is 1. The maximum atomic E-state index is 13.2. The van der Waals surface area contributed by atoms with Gasteiger partial charge in [-0.3, -0.25) is 4.79 Å². The molecule has 0 unspecified atom stereocenters. The Morgan fingerprint density at radius 2 is 1.74 bits per heavy atom. The molecule has 1 amide bonds. The van der Waals surface area contributed by atoms with Gasteiger partial charge in [-0.05, 0) is 61.0 Å².